The zero-order valence-electron chi connectivity index (χ0n) is 15.7. The van der Waals surface area contributed by atoms with Crippen LogP contribution < -0.4 is 9.47 Å². The molecule has 3 aromatic carbocycles. The second-order valence-electron chi connectivity index (χ2n) is 6.90. The first-order chi connectivity index (χ1) is 13.6. The van der Waals surface area contributed by atoms with Crippen LogP contribution in [-0.2, 0) is 13.1 Å². The summed E-state index contributed by atoms with van der Waals surface area (Å²) in [6.07, 6.45) is 0. The van der Waals surface area contributed by atoms with Crippen molar-refractivity contribution < 1.29 is 14.6 Å². The summed E-state index contributed by atoms with van der Waals surface area (Å²) in [6.45, 7) is 2.77. The van der Waals surface area contributed by atoms with E-state index in [-0.39, 0.29) is 5.75 Å². The van der Waals surface area contributed by atoms with E-state index in [4.69, 9.17) is 21.1 Å². The maximum absolute atomic E-state index is 10.5. The number of hydrogen-bond acceptors (Lipinski definition) is 4. The van der Waals surface area contributed by atoms with E-state index in [2.05, 4.69) is 17.0 Å². The zero-order chi connectivity index (χ0) is 19.5. The van der Waals surface area contributed by atoms with Gasteiger partial charge in [-0.05, 0) is 53.1 Å². The number of aromatic hydroxyl groups is 1. The van der Waals surface area contributed by atoms with Gasteiger partial charge in [0.05, 0.1) is 7.11 Å². The molecule has 4 rings (SSSR count). The molecule has 0 amide bonds. The molecule has 0 aliphatic carbocycles. The maximum atomic E-state index is 10.5. The standard InChI is InChI=1S/C23H22ClNO3/c1-27-21-7-2-4-16(10-21)14-25-8-9-28-23-19(15-25)11-18(13-22(23)26)17-5-3-6-20(24)12-17/h2-7,10-13,26H,8-9,14-15H2,1H3. The predicted octanol–water partition coefficient (Wildman–Crippen LogP) is 5.12. The molecule has 1 N–H and O–H groups in total. The molecule has 3 aromatic rings. The molecule has 0 fully saturated rings. The lowest BCUT2D eigenvalue weighted by Gasteiger charge is -2.20. The van der Waals surface area contributed by atoms with E-state index in [1.165, 1.54) is 5.56 Å². The fraction of sp³-hybridized carbons (Fsp3) is 0.217. The lowest BCUT2D eigenvalue weighted by Crippen LogP contribution is -2.25. The monoisotopic (exact) mass is 395 g/mol. The van der Waals surface area contributed by atoms with E-state index in [0.717, 1.165) is 35.5 Å². The van der Waals surface area contributed by atoms with Crippen molar-refractivity contribution >= 4 is 11.6 Å². The number of halogens is 1. The van der Waals surface area contributed by atoms with Crippen molar-refractivity contribution in [2.45, 2.75) is 13.1 Å². The van der Waals surface area contributed by atoms with Crippen LogP contribution in [0.2, 0.25) is 5.02 Å². The van der Waals surface area contributed by atoms with Crippen molar-refractivity contribution in [3.05, 3.63) is 76.8 Å². The highest BCUT2D eigenvalue weighted by Gasteiger charge is 2.20. The van der Waals surface area contributed by atoms with Crippen LogP contribution in [0.1, 0.15) is 11.1 Å². The molecule has 0 saturated heterocycles. The number of phenols is 1. The number of fused-ring (bicyclic) bond motifs is 1. The topological polar surface area (TPSA) is 41.9 Å². The van der Waals surface area contributed by atoms with E-state index in [0.29, 0.717) is 23.9 Å². The minimum absolute atomic E-state index is 0.163. The van der Waals surface area contributed by atoms with Gasteiger partial charge in [0.25, 0.3) is 0 Å². The van der Waals surface area contributed by atoms with E-state index in [9.17, 15) is 5.11 Å². The van der Waals surface area contributed by atoms with Crippen LogP contribution >= 0.6 is 11.6 Å². The van der Waals surface area contributed by atoms with Crippen molar-refractivity contribution in [3.8, 4) is 28.4 Å². The molecule has 0 spiro atoms. The van der Waals surface area contributed by atoms with Crippen LogP contribution in [0.25, 0.3) is 11.1 Å². The van der Waals surface area contributed by atoms with Crippen LogP contribution in [0.4, 0.5) is 0 Å². The Balaban J connectivity index is 1.62. The zero-order valence-corrected chi connectivity index (χ0v) is 16.4. The van der Waals surface area contributed by atoms with Gasteiger partial charge in [-0.1, -0.05) is 35.9 Å². The van der Waals surface area contributed by atoms with Gasteiger partial charge < -0.3 is 14.6 Å². The Kier molecular flexibility index (Phi) is 5.42. The van der Waals surface area contributed by atoms with Crippen molar-refractivity contribution in [2.75, 3.05) is 20.3 Å². The molecule has 0 unspecified atom stereocenters. The molecule has 1 heterocycles. The van der Waals surface area contributed by atoms with Gasteiger partial charge in [0.2, 0.25) is 0 Å². The number of hydrogen-bond donors (Lipinski definition) is 1. The third-order valence-electron chi connectivity index (χ3n) is 4.89. The smallest absolute Gasteiger partial charge is 0.165 e. The third kappa shape index (κ3) is 4.08. The summed E-state index contributed by atoms with van der Waals surface area (Å²) in [5, 5.41) is 11.2. The minimum Gasteiger partial charge on any atom is -0.504 e. The van der Waals surface area contributed by atoms with Gasteiger partial charge in [-0.25, -0.2) is 0 Å². The molecule has 1 aliphatic rings. The number of phenolic OH excluding ortho intramolecular Hbond substituents is 1. The third-order valence-corrected chi connectivity index (χ3v) is 5.13. The van der Waals surface area contributed by atoms with Crippen LogP contribution in [0.3, 0.4) is 0 Å². The summed E-state index contributed by atoms with van der Waals surface area (Å²) in [5.74, 6) is 1.58. The molecule has 5 heteroatoms. The highest BCUT2D eigenvalue weighted by molar-refractivity contribution is 6.30. The van der Waals surface area contributed by atoms with E-state index in [1.807, 2.05) is 42.5 Å². The SMILES string of the molecule is COc1cccc(CN2CCOc3c(O)cc(-c4cccc(Cl)c4)cc3C2)c1. The molecule has 0 atom stereocenters. The highest BCUT2D eigenvalue weighted by atomic mass is 35.5. The summed E-state index contributed by atoms with van der Waals surface area (Å²) < 4.78 is 11.2. The van der Waals surface area contributed by atoms with Crippen LogP contribution in [0, 0.1) is 0 Å². The molecule has 0 saturated carbocycles. The molecule has 28 heavy (non-hydrogen) atoms. The first-order valence-electron chi connectivity index (χ1n) is 9.22. The van der Waals surface area contributed by atoms with Crippen LogP contribution in [0.15, 0.2) is 60.7 Å². The molecule has 0 bridgehead atoms. The Labute approximate surface area is 169 Å². The quantitative estimate of drug-likeness (QED) is 0.666. The lowest BCUT2D eigenvalue weighted by molar-refractivity contribution is 0.217. The minimum atomic E-state index is 0.163. The molecular weight excluding hydrogens is 374 g/mol. The van der Waals surface area contributed by atoms with Crippen molar-refractivity contribution in [2.24, 2.45) is 0 Å². The Bertz CT molecular complexity index is 989. The predicted molar refractivity (Wildman–Crippen MR) is 111 cm³/mol. The average Bonchev–Trinajstić information content (AvgIpc) is 2.90. The van der Waals surface area contributed by atoms with Crippen molar-refractivity contribution in [3.63, 3.8) is 0 Å². The summed E-state index contributed by atoms with van der Waals surface area (Å²) in [5.41, 5.74) is 4.04. The lowest BCUT2D eigenvalue weighted by atomic mass is 10.0. The fourth-order valence-corrected chi connectivity index (χ4v) is 3.74. The number of benzene rings is 3. The van der Waals surface area contributed by atoms with Gasteiger partial charge in [-0.3, -0.25) is 4.90 Å². The largest absolute Gasteiger partial charge is 0.504 e. The number of ether oxygens (including phenoxy) is 2. The maximum Gasteiger partial charge on any atom is 0.165 e. The Hall–Kier alpha value is -2.69. The summed E-state index contributed by atoms with van der Waals surface area (Å²) in [4.78, 5) is 2.31. The number of methoxy groups -OCH3 is 1. The molecule has 1 aliphatic heterocycles. The van der Waals surface area contributed by atoms with E-state index >= 15 is 0 Å². The Morgan fingerprint density at radius 2 is 1.93 bits per heavy atom. The normalized spacial score (nSPS) is 14.1. The van der Waals surface area contributed by atoms with Crippen LogP contribution in [-0.4, -0.2) is 30.3 Å². The first kappa shape index (κ1) is 18.7. The Morgan fingerprint density at radius 3 is 2.75 bits per heavy atom. The van der Waals surface area contributed by atoms with Gasteiger partial charge in [0.1, 0.15) is 12.4 Å². The Morgan fingerprint density at radius 1 is 1.07 bits per heavy atom. The summed E-state index contributed by atoms with van der Waals surface area (Å²) in [7, 11) is 1.68. The molecule has 4 nitrogen and oxygen atoms in total. The number of nitrogens with zero attached hydrogens (tertiary/aromatic N) is 1. The van der Waals surface area contributed by atoms with Crippen molar-refractivity contribution in [1.82, 2.24) is 4.90 Å². The van der Waals surface area contributed by atoms with Gasteiger partial charge in [0.15, 0.2) is 11.5 Å². The van der Waals surface area contributed by atoms with E-state index < -0.39 is 0 Å². The van der Waals surface area contributed by atoms with E-state index in [1.54, 1.807) is 13.2 Å². The fourth-order valence-electron chi connectivity index (χ4n) is 3.55. The van der Waals surface area contributed by atoms with Gasteiger partial charge in [0, 0.05) is 30.2 Å². The molecule has 0 radical (unpaired) electrons. The van der Waals surface area contributed by atoms with Gasteiger partial charge in [-0.2, -0.15) is 0 Å². The van der Waals surface area contributed by atoms with Crippen molar-refractivity contribution in [1.29, 1.82) is 0 Å². The van der Waals surface area contributed by atoms with Gasteiger partial charge >= 0.3 is 0 Å². The second-order valence-corrected chi connectivity index (χ2v) is 7.34. The second kappa shape index (κ2) is 8.13. The molecular formula is C23H22ClNO3. The molecule has 144 valence electrons. The summed E-state index contributed by atoms with van der Waals surface area (Å²) >= 11 is 6.14. The molecule has 0 aromatic heterocycles. The highest BCUT2D eigenvalue weighted by Crippen LogP contribution is 2.38. The van der Waals surface area contributed by atoms with Gasteiger partial charge in [-0.15, -0.1) is 0 Å². The van der Waals surface area contributed by atoms with Crippen LogP contribution in [0.5, 0.6) is 17.2 Å². The first-order valence-corrected chi connectivity index (χ1v) is 9.60. The summed E-state index contributed by atoms with van der Waals surface area (Å²) in [6, 6.07) is 19.5. The average molecular weight is 396 g/mol. The number of rotatable bonds is 4.